The number of nitrogens with zero attached hydrogens (tertiary/aromatic N) is 3. The molecule has 3 atom stereocenters. The molecule has 1 aromatic heterocycles. The highest BCUT2D eigenvalue weighted by atomic mass is 16.5. The Morgan fingerprint density at radius 3 is 2.80 bits per heavy atom. The Balaban J connectivity index is 1.26. The third-order valence-electron chi connectivity index (χ3n) is 5.90. The van der Waals surface area contributed by atoms with Crippen LogP contribution in [0.3, 0.4) is 0 Å². The van der Waals surface area contributed by atoms with Gasteiger partial charge in [0.25, 0.3) is 0 Å². The molecule has 3 fully saturated rings. The molecule has 2 amide bonds. The fraction of sp³-hybridized carbons (Fsp3) is 0.722. The standard InChI is InChI=1S/C18H26N4O3/c23-17(11-15-10-13-1-2-14(15)9-13)19-16-3-4-22(20-16)12-18(24)21-5-7-25-8-6-21/h3-4,13-15H,1-2,5-12H2,(H,19,20,23)/t13-,14-,15-/m0/s1. The summed E-state index contributed by atoms with van der Waals surface area (Å²) in [6, 6.07) is 1.76. The van der Waals surface area contributed by atoms with Crippen LogP contribution in [0.1, 0.15) is 32.1 Å². The van der Waals surface area contributed by atoms with E-state index >= 15 is 0 Å². The third kappa shape index (κ3) is 3.86. The molecule has 0 radical (unpaired) electrons. The summed E-state index contributed by atoms with van der Waals surface area (Å²) in [6.45, 7) is 2.65. The van der Waals surface area contributed by atoms with Crippen LogP contribution in [0.2, 0.25) is 0 Å². The number of fused-ring (bicyclic) bond motifs is 2. The number of hydrogen-bond acceptors (Lipinski definition) is 4. The van der Waals surface area contributed by atoms with Crippen molar-refractivity contribution in [3.05, 3.63) is 12.3 Å². The lowest BCUT2D eigenvalue weighted by Gasteiger charge is -2.26. The zero-order valence-electron chi connectivity index (χ0n) is 14.5. The van der Waals surface area contributed by atoms with Gasteiger partial charge in [0.2, 0.25) is 11.8 Å². The number of anilines is 1. The fourth-order valence-corrected chi connectivity index (χ4v) is 4.63. The quantitative estimate of drug-likeness (QED) is 0.877. The Kier molecular flexibility index (Phi) is 4.74. The highest BCUT2D eigenvalue weighted by molar-refractivity contribution is 5.89. The van der Waals surface area contributed by atoms with Crippen LogP contribution < -0.4 is 5.32 Å². The Morgan fingerprint density at radius 1 is 1.24 bits per heavy atom. The van der Waals surface area contributed by atoms with Gasteiger partial charge in [-0.25, -0.2) is 0 Å². The van der Waals surface area contributed by atoms with Gasteiger partial charge < -0.3 is 15.0 Å². The van der Waals surface area contributed by atoms with Gasteiger partial charge in [0.05, 0.1) is 13.2 Å². The maximum atomic E-state index is 12.3. The number of amides is 2. The topological polar surface area (TPSA) is 76.5 Å². The molecule has 1 aromatic rings. The molecule has 2 bridgehead atoms. The number of rotatable bonds is 5. The highest BCUT2D eigenvalue weighted by Crippen LogP contribution is 2.49. The summed E-state index contributed by atoms with van der Waals surface area (Å²) in [4.78, 5) is 26.3. The Labute approximate surface area is 147 Å². The van der Waals surface area contributed by atoms with Gasteiger partial charge in [-0.15, -0.1) is 0 Å². The number of morpholine rings is 1. The normalized spacial score (nSPS) is 28.3. The van der Waals surface area contributed by atoms with Gasteiger partial charge >= 0.3 is 0 Å². The summed E-state index contributed by atoms with van der Waals surface area (Å²) in [5.41, 5.74) is 0. The van der Waals surface area contributed by atoms with Crippen molar-refractivity contribution in [1.29, 1.82) is 0 Å². The smallest absolute Gasteiger partial charge is 0.244 e. The summed E-state index contributed by atoms with van der Waals surface area (Å²) in [6.07, 6.45) is 7.51. The third-order valence-corrected chi connectivity index (χ3v) is 5.90. The molecule has 7 nitrogen and oxygen atoms in total. The van der Waals surface area contributed by atoms with Crippen LogP contribution in [-0.2, 0) is 20.9 Å². The van der Waals surface area contributed by atoms with Crippen molar-refractivity contribution in [2.45, 2.75) is 38.6 Å². The van der Waals surface area contributed by atoms with Crippen molar-refractivity contribution in [1.82, 2.24) is 14.7 Å². The first kappa shape index (κ1) is 16.6. The summed E-state index contributed by atoms with van der Waals surface area (Å²) in [5, 5.41) is 7.20. The van der Waals surface area contributed by atoms with Crippen molar-refractivity contribution in [3.8, 4) is 0 Å². The summed E-state index contributed by atoms with van der Waals surface area (Å²) in [7, 11) is 0. The fourth-order valence-electron chi connectivity index (χ4n) is 4.63. The molecule has 1 saturated heterocycles. The molecule has 3 aliphatic rings. The molecule has 2 heterocycles. The zero-order valence-corrected chi connectivity index (χ0v) is 14.5. The predicted octanol–water partition coefficient (Wildman–Crippen LogP) is 1.51. The summed E-state index contributed by atoms with van der Waals surface area (Å²) >= 11 is 0. The van der Waals surface area contributed by atoms with E-state index in [1.165, 1.54) is 25.7 Å². The van der Waals surface area contributed by atoms with Crippen molar-refractivity contribution in [2.75, 3.05) is 31.6 Å². The van der Waals surface area contributed by atoms with Gasteiger partial charge in [-0.3, -0.25) is 14.3 Å². The van der Waals surface area contributed by atoms with Crippen LogP contribution in [0.15, 0.2) is 12.3 Å². The van der Waals surface area contributed by atoms with E-state index in [9.17, 15) is 9.59 Å². The molecular formula is C18H26N4O3. The number of carbonyl (C=O) groups excluding carboxylic acids is 2. The average Bonchev–Trinajstić information content (AvgIpc) is 3.33. The molecule has 0 spiro atoms. The maximum absolute atomic E-state index is 12.3. The van der Waals surface area contributed by atoms with E-state index in [0.29, 0.717) is 44.5 Å². The molecule has 1 N–H and O–H groups in total. The molecule has 25 heavy (non-hydrogen) atoms. The average molecular weight is 346 g/mol. The van der Waals surface area contributed by atoms with Crippen LogP contribution in [0.25, 0.3) is 0 Å². The second kappa shape index (κ2) is 7.15. The first-order valence-electron chi connectivity index (χ1n) is 9.36. The molecule has 1 aliphatic heterocycles. The first-order valence-corrected chi connectivity index (χ1v) is 9.36. The van der Waals surface area contributed by atoms with Gasteiger partial charge in [-0.05, 0) is 37.0 Å². The molecular weight excluding hydrogens is 320 g/mol. The van der Waals surface area contributed by atoms with Crippen LogP contribution in [0, 0.1) is 17.8 Å². The first-order chi connectivity index (χ1) is 12.2. The van der Waals surface area contributed by atoms with E-state index in [1.54, 1.807) is 21.8 Å². The van der Waals surface area contributed by atoms with Gasteiger partial charge in [0, 0.05) is 31.8 Å². The maximum Gasteiger partial charge on any atom is 0.244 e. The van der Waals surface area contributed by atoms with Crippen molar-refractivity contribution >= 4 is 17.6 Å². The largest absolute Gasteiger partial charge is 0.378 e. The van der Waals surface area contributed by atoms with E-state index in [-0.39, 0.29) is 18.4 Å². The lowest BCUT2D eigenvalue weighted by atomic mass is 9.86. The van der Waals surface area contributed by atoms with Gasteiger partial charge in [-0.1, -0.05) is 6.42 Å². The molecule has 136 valence electrons. The molecule has 4 rings (SSSR count). The van der Waals surface area contributed by atoms with Crippen molar-refractivity contribution in [3.63, 3.8) is 0 Å². The molecule has 2 saturated carbocycles. The number of ether oxygens (including phenoxy) is 1. The minimum absolute atomic E-state index is 0.0336. The van der Waals surface area contributed by atoms with Crippen molar-refractivity contribution in [2.24, 2.45) is 17.8 Å². The lowest BCUT2D eigenvalue weighted by Crippen LogP contribution is -2.42. The number of nitrogens with one attached hydrogen (secondary N) is 1. The monoisotopic (exact) mass is 346 g/mol. The minimum Gasteiger partial charge on any atom is -0.378 e. The second-order valence-electron chi connectivity index (χ2n) is 7.58. The van der Waals surface area contributed by atoms with Gasteiger partial charge in [0.1, 0.15) is 6.54 Å². The van der Waals surface area contributed by atoms with E-state index < -0.39 is 0 Å². The molecule has 2 aliphatic carbocycles. The summed E-state index contributed by atoms with van der Waals surface area (Å²) < 4.78 is 6.85. The van der Waals surface area contributed by atoms with Crippen LogP contribution in [0.4, 0.5) is 5.82 Å². The van der Waals surface area contributed by atoms with E-state index in [1.807, 2.05) is 0 Å². The van der Waals surface area contributed by atoms with Crippen molar-refractivity contribution < 1.29 is 14.3 Å². The highest BCUT2D eigenvalue weighted by Gasteiger charge is 2.40. The summed E-state index contributed by atoms with van der Waals surface area (Å²) in [5.74, 6) is 2.76. The second-order valence-corrected chi connectivity index (χ2v) is 7.58. The van der Waals surface area contributed by atoms with Crippen LogP contribution >= 0.6 is 0 Å². The minimum atomic E-state index is 0.0336. The molecule has 7 heteroatoms. The van der Waals surface area contributed by atoms with Crippen LogP contribution in [0.5, 0.6) is 0 Å². The SMILES string of the molecule is O=C(C[C@@H]1C[C@H]2CC[C@H]1C2)Nc1ccn(CC(=O)N2CCOCC2)n1. The molecule has 0 aromatic carbocycles. The van der Waals surface area contributed by atoms with Gasteiger partial charge in [0.15, 0.2) is 5.82 Å². The predicted molar refractivity (Wildman–Crippen MR) is 91.8 cm³/mol. The number of carbonyl (C=O) groups is 2. The Hall–Kier alpha value is -1.89. The van der Waals surface area contributed by atoms with Gasteiger partial charge in [-0.2, -0.15) is 5.10 Å². The Bertz CT molecular complexity index is 638. The van der Waals surface area contributed by atoms with Crippen LogP contribution in [-0.4, -0.2) is 52.8 Å². The number of hydrogen-bond donors (Lipinski definition) is 1. The zero-order chi connectivity index (χ0) is 17.2. The Morgan fingerprint density at radius 2 is 2.08 bits per heavy atom. The molecule has 0 unspecified atom stereocenters. The lowest BCUT2D eigenvalue weighted by molar-refractivity contribution is -0.136. The van der Waals surface area contributed by atoms with E-state index in [4.69, 9.17) is 4.74 Å². The number of aromatic nitrogens is 2. The van der Waals surface area contributed by atoms with E-state index in [0.717, 1.165) is 11.8 Å². The van der Waals surface area contributed by atoms with E-state index in [2.05, 4.69) is 10.4 Å².